The Bertz CT molecular complexity index is 1690. The minimum absolute atomic E-state index is 0.103. The highest BCUT2D eigenvalue weighted by Gasteiger charge is 2.30. The van der Waals surface area contributed by atoms with Gasteiger partial charge in [-0.25, -0.2) is 9.13 Å². The van der Waals surface area contributed by atoms with Gasteiger partial charge in [0.2, 0.25) is 0 Å². The summed E-state index contributed by atoms with van der Waals surface area (Å²) in [5, 5.41) is 10.5. The number of phosphoric ester groups is 2. The van der Waals surface area contributed by atoms with Gasteiger partial charge in [0, 0.05) is 25.7 Å². The van der Waals surface area contributed by atoms with E-state index >= 15 is 0 Å². The molecule has 0 spiro atoms. The number of phosphoric acid groups is 2. The van der Waals surface area contributed by atoms with Crippen molar-refractivity contribution in [3.63, 3.8) is 0 Å². The average molecular weight is 1280 g/mol. The molecule has 2 unspecified atom stereocenters. The summed E-state index contributed by atoms with van der Waals surface area (Å²) < 4.78 is 67.8. The second-order valence-corrected chi connectivity index (χ2v) is 27.9. The van der Waals surface area contributed by atoms with Gasteiger partial charge in [0.25, 0.3) is 0 Å². The Hall–Kier alpha value is -1.94. The summed E-state index contributed by atoms with van der Waals surface area (Å²) in [6.45, 7) is 7.12. The molecule has 0 aromatic heterocycles. The maximum Gasteiger partial charge on any atom is 0.472 e. The highest BCUT2D eigenvalue weighted by atomic mass is 31.2. The average Bonchev–Trinajstić information content (AvgIpc) is 3.60. The third-order valence-corrected chi connectivity index (χ3v) is 17.7. The number of unbranched alkanes of at least 4 members (excludes halogenated alkanes) is 40. The second-order valence-electron chi connectivity index (χ2n) is 25.0. The minimum Gasteiger partial charge on any atom is -0.462 e. The van der Waals surface area contributed by atoms with Crippen molar-refractivity contribution in [1.82, 2.24) is 0 Å². The number of carbonyl (C=O) groups is 4. The molecule has 0 saturated carbocycles. The molecule has 0 fully saturated rings. The van der Waals surface area contributed by atoms with Gasteiger partial charge in [-0.3, -0.25) is 37.3 Å². The third kappa shape index (κ3) is 62.6. The Morgan fingerprint density at radius 2 is 0.529 bits per heavy atom. The first-order chi connectivity index (χ1) is 42.0. The fourth-order valence-electron chi connectivity index (χ4n) is 10.3. The lowest BCUT2D eigenvalue weighted by Gasteiger charge is -2.21. The van der Waals surface area contributed by atoms with Crippen LogP contribution in [0.1, 0.15) is 349 Å². The Morgan fingerprint density at radius 1 is 0.310 bits per heavy atom. The summed E-state index contributed by atoms with van der Waals surface area (Å²) in [5.74, 6) is -1.34. The number of carbonyl (C=O) groups excluding carboxylic acids is 4. The predicted molar refractivity (Wildman–Crippen MR) is 349 cm³/mol. The monoisotopic (exact) mass is 1280 g/mol. The van der Waals surface area contributed by atoms with Crippen molar-refractivity contribution in [1.29, 1.82) is 0 Å². The minimum atomic E-state index is -4.95. The van der Waals surface area contributed by atoms with Crippen molar-refractivity contribution in [2.24, 2.45) is 5.92 Å². The van der Waals surface area contributed by atoms with Crippen LogP contribution in [0.15, 0.2) is 0 Å². The van der Waals surface area contributed by atoms with E-state index in [1.54, 1.807) is 0 Å². The van der Waals surface area contributed by atoms with Gasteiger partial charge in [-0.05, 0) is 31.6 Å². The Morgan fingerprint density at radius 3 is 0.782 bits per heavy atom. The van der Waals surface area contributed by atoms with Crippen molar-refractivity contribution in [3.8, 4) is 0 Å². The first kappa shape index (κ1) is 85.1. The Kier molecular flexibility index (Phi) is 60.2. The summed E-state index contributed by atoms with van der Waals surface area (Å²) in [4.78, 5) is 72.0. The summed E-state index contributed by atoms with van der Waals surface area (Å²) in [7, 11) is -9.88. The van der Waals surface area contributed by atoms with Crippen LogP contribution < -0.4 is 0 Å². The molecule has 0 heterocycles. The van der Waals surface area contributed by atoms with Crippen LogP contribution in [-0.4, -0.2) is 96.7 Å². The molecule has 0 saturated heterocycles. The molecule has 0 aromatic carbocycles. The summed E-state index contributed by atoms with van der Waals surface area (Å²) in [6.07, 6.45) is 47.8. The molecule has 17 nitrogen and oxygen atoms in total. The number of hydrogen-bond acceptors (Lipinski definition) is 15. The van der Waals surface area contributed by atoms with Crippen LogP contribution in [0.2, 0.25) is 0 Å². The van der Waals surface area contributed by atoms with Gasteiger partial charge in [0.05, 0.1) is 26.4 Å². The van der Waals surface area contributed by atoms with E-state index < -0.39 is 97.5 Å². The van der Waals surface area contributed by atoms with Crippen molar-refractivity contribution in [2.45, 2.75) is 368 Å². The molecule has 0 aliphatic rings. The fraction of sp³-hybridized carbons (Fsp3) is 0.941. The molecule has 0 aliphatic heterocycles. The van der Waals surface area contributed by atoms with Crippen LogP contribution in [0, 0.1) is 5.92 Å². The van der Waals surface area contributed by atoms with E-state index in [4.69, 9.17) is 37.0 Å². The van der Waals surface area contributed by atoms with Gasteiger partial charge in [0.1, 0.15) is 19.3 Å². The van der Waals surface area contributed by atoms with Crippen LogP contribution in [-0.2, 0) is 65.4 Å². The summed E-state index contributed by atoms with van der Waals surface area (Å²) >= 11 is 0. The molecule has 0 aliphatic carbocycles. The van der Waals surface area contributed by atoms with Gasteiger partial charge in [-0.2, -0.15) is 0 Å². The van der Waals surface area contributed by atoms with Crippen molar-refractivity contribution in [3.05, 3.63) is 0 Å². The van der Waals surface area contributed by atoms with Crippen molar-refractivity contribution < 1.29 is 80.2 Å². The highest BCUT2D eigenvalue weighted by molar-refractivity contribution is 7.47. The van der Waals surface area contributed by atoms with Gasteiger partial charge in [-0.15, -0.1) is 0 Å². The molecule has 5 atom stereocenters. The lowest BCUT2D eigenvalue weighted by atomic mass is 10.0. The lowest BCUT2D eigenvalue weighted by molar-refractivity contribution is -0.161. The SMILES string of the molecule is CCCCCCCCCCCCCCCCCCCCC(=O)O[C@H](COC(=O)CCCCCCCCCCCCCCCCC(C)C)COP(=O)(O)OC[C@@H](O)COP(=O)(O)OC[C@@H](COC(=O)CCCCCCC)OC(=O)CCCCCCCCC. The molecule has 0 bridgehead atoms. The summed E-state index contributed by atoms with van der Waals surface area (Å²) in [6, 6.07) is 0. The summed E-state index contributed by atoms with van der Waals surface area (Å²) in [5.41, 5.74) is 0. The number of hydrogen-bond donors (Lipinski definition) is 3. The van der Waals surface area contributed by atoms with E-state index in [2.05, 4.69) is 34.6 Å². The number of aliphatic hydroxyl groups is 1. The molecule has 0 radical (unpaired) electrons. The van der Waals surface area contributed by atoms with E-state index in [1.165, 1.54) is 154 Å². The van der Waals surface area contributed by atoms with Gasteiger partial charge in [0.15, 0.2) is 12.2 Å². The van der Waals surface area contributed by atoms with Crippen molar-refractivity contribution >= 4 is 39.5 Å². The molecule has 0 amide bonds. The number of ether oxygens (including phenoxy) is 4. The van der Waals surface area contributed by atoms with Gasteiger partial charge < -0.3 is 33.8 Å². The molecular formula is C68H132O17P2. The molecule has 516 valence electrons. The van der Waals surface area contributed by atoms with Crippen LogP contribution >= 0.6 is 15.6 Å². The normalized spacial score (nSPS) is 14.1. The number of esters is 4. The molecular weight excluding hydrogens is 1150 g/mol. The van der Waals surface area contributed by atoms with Gasteiger partial charge >= 0.3 is 39.5 Å². The molecule has 3 N–H and O–H groups in total. The standard InChI is InChI=1S/C68H132O17P2/c1-6-9-12-15-17-18-19-20-21-22-23-24-29-32-35-39-44-49-54-68(73)85-64(58-79-66(71)52-47-42-38-34-31-28-26-25-27-30-33-37-41-45-50-61(4)5)60-83-87(76,77)81-56-62(69)55-80-86(74,75)82-59-63(57-78-65(70)51-46-40-14-11-8-3)84-67(72)53-48-43-36-16-13-10-7-2/h61-64,69H,6-60H2,1-5H3,(H,74,75)(H,76,77)/t62-,63+,64+/m0/s1. The van der Waals surface area contributed by atoms with E-state index in [1.807, 2.05) is 0 Å². The Labute approximate surface area is 530 Å². The fourth-order valence-corrected chi connectivity index (χ4v) is 11.9. The van der Waals surface area contributed by atoms with E-state index in [0.29, 0.717) is 25.7 Å². The zero-order valence-corrected chi connectivity index (χ0v) is 57.9. The molecule has 19 heteroatoms. The van der Waals surface area contributed by atoms with E-state index in [9.17, 15) is 43.2 Å². The van der Waals surface area contributed by atoms with Crippen LogP contribution in [0.5, 0.6) is 0 Å². The van der Waals surface area contributed by atoms with Crippen LogP contribution in [0.25, 0.3) is 0 Å². The van der Waals surface area contributed by atoms with E-state index in [0.717, 1.165) is 115 Å². The highest BCUT2D eigenvalue weighted by Crippen LogP contribution is 2.45. The number of aliphatic hydroxyl groups excluding tert-OH is 1. The maximum absolute atomic E-state index is 13.0. The van der Waals surface area contributed by atoms with Gasteiger partial charge in [-0.1, -0.05) is 298 Å². The zero-order valence-electron chi connectivity index (χ0n) is 56.2. The van der Waals surface area contributed by atoms with Crippen LogP contribution in [0.3, 0.4) is 0 Å². The topological polar surface area (TPSA) is 237 Å². The van der Waals surface area contributed by atoms with E-state index in [-0.39, 0.29) is 25.7 Å². The zero-order chi connectivity index (χ0) is 64.2. The third-order valence-electron chi connectivity index (χ3n) is 15.8. The maximum atomic E-state index is 13.0. The second kappa shape index (κ2) is 61.6. The first-order valence-electron chi connectivity index (χ1n) is 35.6. The molecule has 87 heavy (non-hydrogen) atoms. The largest absolute Gasteiger partial charge is 0.472 e. The van der Waals surface area contributed by atoms with Crippen molar-refractivity contribution in [2.75, 3.05) is 39.6 Å². The van der Waals surface area contributed by atoms with Crippen LogP contribution in [0.4, 0.5) is 0 Å². The predicted octanol–water partition coefficient (Wildman–Crippen LogP) is 19.4. The quantitative estimate of drug-likeness (QED) is 0.0222. The molecule has 0 rings (SSSR count). The smallest absolute Gasteiger partial charge is 0.462 e. The lowest BCUT2D eigenvalue weighted by Crippen LogP contribution is -2.30. The number of rotatable bonds is 68. The first-order valence-corrected chi connectivity index (χ1v) is 38.6. The Balaban J connectivity index is 5.11. The molecule has 0 aromatic rings.